The van der Waals surface area contributed by atoms with Crippen molar-refractivity contribution in [1.29, 1.82) is 0 Å². The lowest BCUT2D eigenvalue weighted by Gasteiger charge is -2.36. The third-order valence-corrected chi connectivity index (χ3v) is 8.11. The molecule has 0 fully saturated rings. The Balaban J connectivity index is 0.00000385. The molecule has 2 aromatic rings. The summed E-state index contributed by atoms with van der Waals surface area (Å²) in [7, 11) is -2.16. The molecule has 0 saturated heterocycles. The molecule has 0 spiro atoms. The SMILES string of the molecule is CCCC[C@]1(CC)CS(=O)(=O)c2cc(C=CC(=O)O)c(OC)cc2[C@@H](c2ccccc2)N1.N. The van der Waals surface area contributed by atoms with Crippen LogP contribution < -0.4 is 16.2 Å². The number of unbranched alkanes of at least 4 members (excludes halogenated alkanes) is 1. The number of nitrogens with one attached hydrogen (secondary N) is 1. The first-order valence-electron chi connectivity index (χ1n) is 10.9. The first kappa shape index (κ1) is 26.6. The number of rotatable bonds is 8. The van der Waals surface area contributed by atoms with Gasteiger partial charge in [-0.1, -0.05) is 57.0 Å². The Morgan fingerprint density at radius 3 is 2.52 bits per heavy atom. The Kier molecular flexibility index (Phi) is 8.82. The van der Waals surface area contributed by atoms with Gasteiger partial charge in [-0.2, -0.15) is 0 Å². The number of carboxylic acid groups (broad SMARTS) is 1. The Bertz CT molecular complexity index is 1100. The standard InChI is InChI=1S/C25H31NO5S.H3N/c1-4-6-14-25(5-2)17-32(29,30)22-15-19(12-13-23(27)28)21(31-3)16-20(22)24(26-25)18-10-8-7-9-11-18;/h7-13,15-16,24,26H,4-6,14,17H2,1-3H3,(H,27,28);1H3/t24-,25-;/m1./s1. The summed E-state index contributed by atoms with van der Waals surface area (Å²) < 4.78 is 32.9. The van der Waals surface area contributed by atoms with Gasteiger partial charge in [-0.3, -0.25) is 5.32 Å². The van der Waals surface area contributed by atoms with Crippen LogP contribution in [0.5, 0.6) is 5.75 Å². The number of hydrogen-bond donors (Lipinski definition) is 3. The van der Waals surface area contributed by atoms with Gasteiger partial charge in [0, 0.05) is 17.2 Å². The van der Waals surface area contributed by atoms with Crippen LogP contribution in [0.2, 0.25) is 0 Å². The molecule has 2 aromatic carbocycles. The zero-order valence-electron chi connectivity index (χ0n) is 19.5. The van der Waals surface area contributed by atoms with Crippen molar-refractivity contribution in [1.82, 2.24) is 11.5 Å². The van der Waals surface area contributed by atoms with E-state index in [9.17, 15) is 13.2 Å². The molecular formula is C25H34N2O5S. The second-order valence-corrected chi connectivity index (χ2v) is 10.2. The summed E-state index contributed by atoms with van der Waals surface area (Å²) in [4.78, 5) is 11.3. The van der Waals surface area contributed by atoms with E-state index in [2.05, 4.69) is 12.2 Å². The largest absolute Gasteiger partial charge is 0.496 e. The predicted molar refractivity (Wildman–Crippen MR) is 131 cm³/mol. The third kappa shape index (κ3) is 5.82. The third-order valence-electron chi connectivity index (χ3n) is 6.15. The maximum Gasteiger partial charge on any atom is 0.328 e. The first-order chi connectivity index (χ1) is 15.2. The second kappa shape index (κ2) is 11.0. The van der Waals surface area contributed by atoms with Crippen LogP contribution in [0.4, 0.5) is 0 Å². The van der Waals surface area contributed by atoms with E-state index in [1.54, 1.807) is 12.1 Å². The normalized spacial score (nSPS) is 21.6. The van der Waals surface area contributed by atoms with Crippen LogP contribution in [0.1, 0.15) is 62.3 Å². The van der Waals surface area contributed by atoms with E-state index < -0.39 is 21.3 Å². The molecule has 0 saturated carbocycles. The molecule has 180 valence electrons. The highest BCUT2D eigenvalue weighted by Crippen LogP contribution is 2.41. The lowest BCUT2D eigenvalue weighted by atomic mass is 9.88. The number of hydrogen-bond acceptors (Lipinski definition) is 6. The van der Waals surface area contributed by atoms with Crippen LogP contribution in [0.25, 0.3) is 6.08 Å². The van der Waals surface area contributed by atoms with Crippen molar-refractivity contribution in [2.24, 2.45) is 0 Å². The molecular weight excluding hydrogens is 440 g/mol. The van der Waals surface area contributed by atoms with Gasteiger partial charge in [0.15, 0.2) is 9.84 Å². The molecule has 0 bridgehead atoms. The maximum absolute atomic E-state index is 13.7. The molecule has 7 nitrogen and oxygen atoms in total. The number of methoxy groups -OCH3 is 1. The highest BCUT2D eigenvalue weighted by molar-refractivity contribution is 7.91. The smallest absolute Gasteiger partial charge is 0.328 e. The van der Waals surface area contributed by atoms with Crippen molar-refractivity contribution < 1.29 is 23.1 Å². The van der Waals surface area contributed by atoms with Gasteiger partial charge in [-0.15, -0.1) is 0 Å². The summed E-state index contributed by atoms with van der Waals surface area (Å²) in [6.45, 7) is 4.13. The molecule has 8 heteroatoms. The molecule has 0 amide bonds. The summed E-state index contributed by atoms with van der Waals surface area (Å²) >= 11 is 0. The molecule has 0 aliphatic carbocycles. The van der Waals surface area contributed by atoms with E-state index in [0.29, 0.717) is 23.3 Å². The summed E-state index contributed by atoms with van der Waals surface area (Å²) in [5, 5.41) is 12.8. The zero-order chi connectivity index (χ0) is 23.4. The van der Waals surface area contributed by atoms with Crippen LogP contribution in [-0.4, -0.2) is 37.9 Å². The van der Waals surface area contributed by atoms with Gasteiger partial charge < -0.3 is 16.0 Å². The van der Waals surface area contributed by atoms with Crippen molar-refractivity contribution in [3.05, 3.63) is 65.2 Å². The van der Waals surface area contributed by atoms with E-state index in [-0.39, 0.29) is 22.8 Å². The van der Waals surface area contributed by atoms with E-state index >= 15 is 0 Å². The molecule has 0 aromatic heterocycles. The summed E-state index contributed by atoms with van der Waals surface area (Å²) in [5.74, 6) is -0.698. The van der Waals surface area contributed by atoms with Gasteiger partial charge in [-0.05, 0) is 42.2 Å². The van der Waals surface area contributed by atoms with Gasteiger partial charge in [0.1, 0.15) is 5.75 Å². The van der Waals surface area contributed by atoms with Crippen LogP contribution in [0, 0.1) is 0 Å². The van der Waals surface area contributed by atoms with Crippen LogP contribution in [0.15, 0.2) is 53.4 Å². The van der Waals surface area contributed by atoms with E-state index in [0.717, 1.165) is 30.9 Å². The van der Waals surface area contributed by atoms with Crippen LogP contribution in [0.3, 0.4) is 0 Å². The fourth-order valence-electron chi connectivity index (χ4n) is 4.37. The minimum absolute atomic E-state index is 0. The van der Waals surface area contributed by atoms with Crippen molar-refractivity contribution in [2.75, 3.05) is 12.9 Å². The van der Waals surface area contributed by atoms with Gasteiger partial charge in [0.05, 0.1) is 23.8 Å². The monoisotopic (exact) mass is 474 g/mol. The Hall–Kier alpha value is -2.68. The molecule has 1 heterocycles. The average Bonchev–Trinajstić information content (AvgIpc) is 2.88. The Labute approximate surface area is 196 Å². The van der Waals surface area contributed by atoms with E-state index in [1.807, 2.05) is 37.3 Å². The molecule has 1 aliphatic rings. The number of sulfone groups is 1. The number of fused-ring (bicyclic) bond motifs is 1. The van der Waals surface area contributed by atoms with Gasteiger partial charge >= 0.3 is 5.97 Å². The summed E-state index contributed by atoms with van der Waals surface area (Å²) in [6, 6.07) is 12.7. The number of aliphatic carboxylic acids is 1. The topological polar surface area (TPSA) is 128 Å². The lowest BCUT2D eigenvalue weighted by Crippen LogP contribution is -2.50. The maximum atomic E-state index is 13.7. The average molecular weight is 475 g/mol. The first-order valence-corrected chi connectivity index (χ1v) is 12.6. The Morgan fingerprint density at radius 2 is 1.94 bits per heavy atom. The minimum Gasteiger partial charge on any atom is -0.496 e. The molecule has 1 aliphatic heterocycles. The quantitative estimate of drug-likeness (QED) is 0.471. The number of carboxylic acids is 1. The lowest BCUT2D eigenvalue weighted by molar-refractivity contribution is -0.131. The van der Waals surface area contributed by atoms with Crippen LogP contribution in [-0.2, 0) is 14.6 Å². The highest BCUT2D eigenvalue weighted by atomic mass is 32.2. The summed E-state index contributed by atoms with van der Waals surface area (Å²) in [5.41, 5.74) is 1.43. The van der Waals surface area contributed by atoms with E-state index in [1.165, 1.54) is 13.2 Å². The van der Waals surface area contributed by atoms with Gasteiger partial charge in [0.25, 0.3) is 0 Å². The fraction of sp³-hybridized carbons (Fsp3) is 0.400. The highest BCUT2D eigenvalue weighted by Gasteiger charge is 2.42. The summed E-state index contributed by atoms with van der Waals surface area (Å²) in [6.07, 6.45) is 5.68. The van der Waals surface area contributed by atoms with Gasteiger partial charge in [0.2, 0.25) is 0 Å². The second-order valence-electron chi connectivity index (χ2n) is 8.29. The predicted octanol–water partition coefficient (Wildman–Crippen LogP) is 4.76. The Morgan fingerprint density at radius 1 is 1.24 bits per heavy atom. The number of ether oxygens (including phenoxy) is 1. The molecule has 5 N–H and O–H groups in total. The molecule has 33 heavy (non-hydrogen) atoms. The van der Waals surface area contributed by atoms with E-state index in [4.69, 9.17) is 9.84 Å². The molecule has 2 atom stereocenters. The van der Waals surface area contributed by atoms with Crippen molar-refractivity contribution in [3.8, 4) is 5.75 Å². The minimum atomic E-state index is -3.65. The number of benzene rings is 2. The zero-order valence-corrected chi connectivity index (χ0v) is 20.3. The molecule has 3 rings (SSSR count). The van der Waals surface area contributed by atoms with Crippen molar-refractivity contribution in [3.63, 3.8) is 0 Å². The fourth-order valence-corrected chi connectivity index (χ4v) is 6.53. The van der Waals surface area contributed by atoms with Gasteiger partial charge in [-0.25, -0.2) is 13.2 Å². The van der Waals surface area contributed by atoms with Crippen molar-refractivity contribution in [2.45, 2.75) is 56.0 Å². The molecule has 0 unspecified atom stereocenters. The molecule has 0 radical (unpaired) electrons. The van der Waals surface area contributed by atoms with Crippen molar-refractivity contribution >= 4 is 21.9 Å². The number of carbonyl (C=O) groups is 1. The van der Waals surface area contributed by atoms with Crippen LogP contribution >= 0.6 is 0 Å².